The third-order valence-electron chi connectivity index (χ3n) is 3.08. The van der Waals surface area contributed by atoms with Crippen molar-refractivity contribution in [1.29, 1.82) is 0 Å². The van der Waals surface area contributed by atoms with Gasteiger partial charge in [-0.2, -0.15) is 0 Å². The summed E-state index contributed by atoms with van der Waals surface area (Å²) in [6.45, 7) is 1.90. The van der Waals surface area contributed by atoms with E-state index in [4.69, 9.17) is 0 Å². The fourth-order valence-electron chi connectivity index (χ4n) is 2.05. The van der Waals surface area contributed by atoms with E-state index >= 15 is 0 Å². The molecule has 0 unspecified atom stereocenters. The van der Waals surface area contributed by atoms with Crippen molar-refractivity contribution in [2.24, 2.45) is 0 Å². The summed E-state index contributed by atoms with van der Waals surface area (Å²) in [5, 5.41) is 6.53. The first kappa shape index (κ1) is 12.2. The van der Waals surface area contributed by atoms with E-state index in [1.807, 2.05) is 43.3 Å². The molecule has 0 bridgehead atoms. The number of nitrogens with zero attached hydrogens (tertiary/aromatic N) is 1. The van der Waals surface area contributed by atoms with Crippen LogP contribution in [0.1, 0.15) is 5.56 Å². The number of H-pyrrole nitrogens is 1. The number of fused-ring (bicyclic) bond motifs is 1. The van der Waals surface area contributed by atoms with Crippen LogP contribution in [0.15, 0.2) is 48.8 Å². The Morgan fingerprint density at radius 2 is 2.00 bits per heavy atom. The first-order valence-corrected chi connectivity index (χ1v) is 6.30. The van der Waals surface area contributed by atoms with Gasteiger partial charge >= 0.3 is 6.03 Å². The molecular weight excluding hydrogens is 252 g/mol. The maximum Gasteiger partial charge on any atom is 0.324 e. The highest BCUT2D eigenvalue weighted by atomic mass is 16.2. The molecule has 0 atom stereocenters. The fraction of sp³-hybridized carbons (Fsp3) is 0.0667. The molecule has 100 valence electrons. The Kier molecular flexibility index (Phi) is 3.09. The summed E-state index contributed by atoms with van der Waals surface area (Å²) in [6.07, 6.45) is 3.42. The average molecular weight is 266 g/mol. The second-order valence-corrected chi connectivity index (χ2v) is 4.50. The summed E-state index contributed by atoms with van der Waals surface area (Å²) in [7, 11) is 0. The Labute approximate surface area is 116 Å². The highest BCUT2D eigenvalue weighted by Crippen LogP contribution is 2.22. The van der Waals surface area contributed by atoms with E-state index in [2.05, 4.69) is 20.6 Å². The van der Waals surface area contributed by atoms with E-state index < -0.39 is 0 Å². The van der Waals surface area contributed by atoms with Crippen molar-refractivity contribution in [1.82, 2.24) is 9.97 Å². The number of para-hydroxylation sites is 1. The number of carbonyl (C=O) groups excluding carboxylic acids is 1. The van der Waals surface area contributed by atoms with Gasteiger partial charge in [-0.15, -0.1) is 0 Å². The largest absolute Gasteiger partial charge is 0.359 e. The summed E-state index contributed by atoms with van der Waals surface area (Å²) in [6, 6.07) is 11.2. The zero-order chi connectivity index (χ0) is 13.9. The quantitative estimate of drug-likeness (QED) is 0.664. The zero-order valence-corrected chi connectivity index (χ0v) is 11.0. The van der Waals surface area contributed by atoms with Crippen molar-refractivity contribution in [3.05, 3.63) is 54.4 Å². The predicted molar refractivity (Wildman–Crippen MR) is 79.9 cm³/mol. The number of hydrogen-bond donors (Lipinski definition) is 3. The van der Waals surface area contributed by atoms with Gasteiger partial charge in [0.2, 0.25) is 0 Å². The van der Waals surface area contributed by atoms with E-state index in [0.717, 1.165) is 22.2 Å². The molecule has 0 saturated heterocycles. The standard InChI is InChI=1S/C15H14N4O/c1-10-5-4-8-16-14(10)19-15(20)18-13-9-17-12-7-3-2-6-11(12)13/h2-9,17H,1H3,(H2,16,18,19,20). The van der Waals surface area contributed by atoms with Crippen molar-refractivity contribution in [3.63, 3.8) is 0 Å². The van der Waals surface area contributed by atoms with Crippen LogP contribution in [0.3, 0.4) is 0 Å². The number of rotatable bonds is 2. The second kappa shape index (κ2) is 5.05. The predicted octanol–water partition coefficient (Wildman–Crippen LogP) is 3.52. The summed E-state index contributed by atoms with van der Waals surface area (Å²) in [4.78, 5) is 19.2. The number of amides is 2. The monoisotopic (exact) mass is 266 g/mol. The number of hydrogen-bond acceptors (Lipinski definition) is 2. The minimum atomic E-state index is -0.309. The van der Waals surface area contributed by atoms with E-state index in [-0.39, 0.29) is 6.03 Å². The molecule has 0 aliphatic rings. The number of aromatic nitrogens is 2. The van der Waals surface area contributed by atoms with Crippen molar-refractivity contribution < 1.29 is 4.79 Å². The number of aryl methyl sites for hydroxylation is 1. The third kappa shape index (κ3) is 2.33. The zero-order valence-electron chi connectivity index (χ0n) is 11.0. The van der Waals surface area contributed by atoms with Gasteiger partial charge in [0.05, 0.1) is 5.69 Å². The van der Waals surface area contributed by atoms with Gasteiger partial charge in [0, 0.05) is 23.3 Å². The van der Waals surface area contributed by atoms with Crippen LogP contribution in [0, 0.1) is 6.92 Å². The molecule has 3 rings (SSSR count). The van der Waals surface area contributed by atoms with E-state index in [1.54, 1.807) is 12.4 Å². The van der Waals surface area contributed by atoms with Crippen molar-refractivity contribution in [2.45, 2.75) is 6.92 Å². The van der Waals surface area contributed by atoms with Crippen molar-refractivity contribution >= 4 is 28.4 Å². The SMILES string of the molecule is Cc1cccnc1NC(=O)Nc1c[nH]c2ccccc12. The van der Waals surface area contributed by atoms with Crippen molar-refractivity contribution in [2.75, 3.05) is 10.6 Å². The molecule has 0 fully saturated rings. The minimum absolute atomic E-state index is 0.309. The first-order chi connectivity index (χ1) is 9.74. The molecule has 3 aromatic rings. The second-order valence-electron chi connectivity index (χ2n) is 4.50. The molecule has 20 heavy (non-hydrogen) atoms. The number of nitrogens with one attached hydrogen (secondary N) is 3. The molecule has 0 radical (unpaired) electrons. The average Bonchev–Trinajstić information content (AvgIpc) is 2.85. The van der Waals surface area contributed by atoms with Gasteiger partial charge in [-0.25, -0.2) is 9.78 Å². The number of benzene rings is 1. The molecule has 2 amide bonds. The molecule has 1 aromatic carbocycles. The lowest BCUT2D eigenvalue weighted by atomic mass is 10.2. The molecule has 0 saturated carbocycles. The maximum atomic E-state index is 12.0. The van der Waals surface area contributed by atoms with Gasteiger partial charge in [0.25, 0.3) is 0 Å². The molecule has 0 aliphatic carbocycles. The molecule has 5 nitrogen and oxygen atoms in total. The van der Waals surface area contributed by atoms with E-state index in [0.29, 0.717) is 5.82 Å². The van der Waals surface area contributed by atoms with Gasteiger partial charge in [-0.3, -0.25) is 5.32 Å². The minimum Gasteiger partial charge on any atom is -0.359 e. The Bertz CT molecular complexity index is 763. The van der Waals surface area contributed by atoms with Gasteiger partial charge in [-0.1, -0.05) is 24.3 Å². The number of aromatic amines is 1. The lowest BCUT2D eigenvalue weighted by Crippen LogP contribution is -2.20. The summed E-state index contributed by atoms with van der Waals surface area (Å²) < 4.78 is 0. The highest BCUT2D eigenvalue weighted by molar-refractivity contribution is 6.05. The number of carbonyl (C=O) groups is 1. The van der Waals surface area contributed by atoms with Crippen LogP contribution in [-0.4, -0.2) is 16.0 Å². The Morgan fingerprint density at radius 3 is 2.85 bits per heavy atom. The van der Waals surface area contributed by atoms with Crippen molar-refractivity contribution in [3.8, 4) is 0 Å². The highest BCUT2D eigenvalue weighted by Gasteiger charge is 2.08. The van der Waals surface area contributed by atoms with Gasteiger partial charge in [0.1, 0.15) is 5.82 Å². The van der Waals surface area contributed by atoms with Crippen LogP contribution in [0.4, 0.5) is 16.3 Å². The van der Waals surface area contributed by atoms with E-state index in [1.165, 1.54) is 0 Å². The number of urea groups is 1. The normalized spacial score (nSPS) is 10.4. The molecule has 2 aromatic heterocycles. The molecule has 0 aliphatic heterocycles. The maximum absolute atomic E-state index is 12.0. The molecule has 3 N–H and O–H groups in total. The van der Waals surface area contributed by atoms with Gasteiger partial charge in [0.15, 0.2) is 0 Å². The van der Waals surface area contributed by atoms with Gasteiger partial charge < -0.3 is 10.3 Å². The number of pyridine rings is 1. The summed E-state index contributed by atoms with van der Waals surface area (Å²) in [5.74, 6) is 0.560. The van der Waals surface area contributed by atoms with Crippen LogP contribution in [0.5, 0.6) is 0 Å². The van der Waals surface area contributed by atoms with Crippen LogP contribution < -0.4 is 10.6 Å². The third-order valence-corrected chi connectivity index (χ3v) is 3.08. The summed E-state index contributed by atoms with van der Waals surface area (Å²) in [5.41, 5.74) is 2.64. The number of anilines is 2. The lowest BCUT2D eigenvalue weighted by Gasteiger charge is -2.07. The molecule has 5 heteroatoms. The lowest BCUT2D eigenvalue weighted by molar-refractivity contribution is 0.262. The Balaban J connectivity index is 1.78. The van der Waals surface area contributed by atoms with Crippen LogP contribution in [0.25, 0.3) is 10.9 Å². The fourth-order valence-corrected chi connectivity index (χ4v) is 2.05. The smallest absolute Gasteiger partial charge is 0.324 e. The van der Waals surface area contributed by atoms with Crippen LogP contribution in [0.2, 0.25) is 0 Å². The Morgan fingerprint density at radius 1 is 1.15 bits per heavy atom. The topological polar surface area (TPSA) is 69.8 Å². The van der Waals surface area contributed by atoms with Gasteiger partial charge in [-0.05, 0) is 24.6 Å². The Hall–Kier alpha value is -2.82. The van der Waals surface area contributed by atoms with Crippen LogP contribution >= 0.6 is 0 Å². The summed E-state index contributed by atoms with van der Waals surface area (Å²) >= 11 is 0. The van der Waals surface area contributed by atoms with Crippen LogP contribution in [-0.2, 0) is 0 Å². The molecular formula is C15H14N4O. The molecule has 2 heterocycles. The van der Waals surface area contributed by atoms with E-state index in [9.17, 15) is 4.79 Å². The molecule has 0 spiro atoms. The first-order valence-electron chi connectivity index (χ1n) is 6.30.